The number of carbonyl (C=O) groups is 2. The van der Waals surface area contributed by atoms with Crippen LogP contribution in [-0.2, 0) is 6.61 Å². The van der Waals surface area contributed by atoms with Gasteiger partial charge in [-0.2, -0.15) is 0 Å². The number of para-hydroxylation sites is 1. The van der Waals surface area contributed by atoms with Crippen LogP contribution in [0.5, 0.6) is 5.75 Å². The van der Waals surface area contributed by atoms with E-state index in [4.69, 9.17) is 16.3 Å². The molecule has 0 saturated carbocycles. The summed E-state index contributed by atoms with van der Waals surface area (Å²) in [5, 5.41) is 3.71. The number of halogens is 1. The van der Waals surface area contributed by atoms with Gasteiger partial charge in [0.15, 0.2) is 0 Å². The fraction of sp³-hybridized carbons (Fsp3) is 0.240. The Morgan fingerprint density at radius 2 is 1.78 bits per heavy atom. The first-order valence-electron chi connectivity index (χ1n) is 10.6. The van der Waals surface area contributed by atoms with Gasteiger partial charge in [0.2, 0.25) is 0 Å². The van der Waals surface area contributed by atoms with Crippen molar-refractivity contribution in [2.75, 3.05) is 13.1 Å². The zero-order valence-corrected chi connectivity index (χ0v) is 18.3. The number of hydrogen-bond donors (Lipinski definition) is 1. The lowest BCUT2D eigenvalue weighted by Crippen LogP contribution is -2.46. The molecule has 1 saturated heterocycles. The molecule has 1 aliphatic rings. The molecule has 2 amide bonds. The molecule has 6 nitrogen and oxygen atoms in total. The molecule has 4 rings (SSSR count). The third-order valence-electron chi connectivity index (χ3n) is 5.47. The fourth-order valence-corrected chi connectivity index (χ4v) is 3.80. The third kappa shape index (κ3) is 5.45. The molecule has 7 heteroatoms. The molecule has 3 aromatic rings. The number of benzene rings is 2. The molecule has 1 N–H and O–H groups in total. The average Bonchev–Trinajstić information content (AvgIpc) is 2.84. The maximum absolute atomic E-state index is 13.2. The topological polar surface area (TPSA) is 71.5 Å². The second kappa shape index (κ2) is 10.3. The predicted molar refractivity (Wildman–Crippen MR) is 123 cm³/mol. The molecule has 0 spiro atoms. The van der Waals surface area contributed by atoms with Crippen LogP contribution in [0.3, 0.4) is 0 Å². The summed E-state index contributed by atoms with van der Waals surface area (Å²) in [6, 6.07) is 18.2. The Balaban J connectivity index is 1.34. The van der Waals surface area contributed by atoms with Gasteiger partial charge in [-0.15, -0.1) is 0 Å². The van der Waals surface area contributed by atoms with Crippen molar-refractivity contribution in [1.29, 1.82) is 0 Å². The number of piperidine rings is 1. The number of nitrogens with zero attached hydrogens (tertiary/aromatic N) is 2. The number of rotatable bonds is 6. The monoisotopic (exact) mass is 449 g/mol. The first-order valence-corrected chi connectivity index (χ1v) is 10.9. The number of amides is 2. The number of aromatic nitrogens is 1. The van der Waals surface area contributed by atoms with E-state index in [0.29, 0.717) is 54.4 Å². The summed E-state index contributed by atoms with van der Waals surface area (Å²) >= 11 is 5.93. The highest BCUT2D eigenvalue weighted by Crippen LogP contribution is 2.23. The third-order valence-corrected chi connectivity index (χ3v) is 5.72. The van der Waals surface area contributed by atoms with Crippen molar-refractivity contribution >= 4 is 23.4 Å². The van der Waals surface area contributed by atoms with E-state index in [9.17, 15) is 9.59 Å². The van der Waals surface area contributed by atoms with E-state index in [1.807, 2.05) is 47.4 Å². The van der Waals surface area contributed by atoms with Crippen LogP contribution < -0.4 is 10.1 Å². The highest BCUT2D eigenvalue weighted by Gasteiger charge is 2.26. The molecule has 164 valence electrons. The van der Waals surface area contributed by atoms with Crippen molar-refractivity contribution in [3.8, 4) is 5.75 Å². The summed E-state index contributed by atoms with van der Waals surface area (Å²) in [5.41, 5.74) is 2.05. The number of hydrogen-bond acceptors (Lipinski definition) is 4. The van der Waals surface area contributed by atoms with Gasteiger partial charge in [0, 0.05) is 36.5 Å². The Kier molecular flexibility index (Phi) is 7.02. The molecule has 0 atom stereocenters. The minimum Gasteiger partial charge on any atom is -0.488 e. The van der Waals surface area contributed by atoms with Crippen LogP contribution in [-0.4, -0.2) is 40.8 Å². The van der Waals surface area contributed by atoms with Crippen LogP contribution in [0.1, 0.15) is 39.1 Å². The molecule has 0 bridgehead atoms. The Hall–Kier alpha value is -3.38. The Bertz CT molecular complexity index is 1070. The second-order valence-corrected chi connectivity index (χ2v) is 8.13. The number of likely N-dealkylation sites (tertiary alicyclic amines) is 1. The van der Waals surface area contributed by atoms with Crippen molar-refractivity contribution < 1.29 is 14.3 Å². The Morgan fingerprint density at radius 1 is 1.03 bits per heavy atom. The van der Waals surface area contributed by atoms with Gasteiger partial charge in [0.1, 0.15) is 12.4 Å². The quantitative estimate of drug-likeness (QED) is 0.607. The molecule has 1 aliphatic heterocycles. The van der Waals surface area contributed by atoms with Gasteiger partial charge in [0.25, 0.3) is 11.8 Å². The minimum atomic E-state index is -0.135. The van der Waals surface area contributed by atoms with E-state index >= 15 is 0 Å². The van der Waals surface area contributed by atoms with E-state index in [0.717, 1.165) is 5.56 Å². The van der Waals surface area contributed by atoms with E-state index in [1.54, 1.807) is 30.6 Å². The summed E-state index contributed by atoms with van der Waals surface area (Å²) in [5.74, 6) is 0.358. The van der Waals surface area contributed by atoms with Crippen LogP contribution in [0, 0.1) is 0 Å². The van der Waals surface area contributed by atoms with Gasteiger partial charge in [0.05, 0.1) is 11.1 Å². The van der Waals surface area contributed by atoms with Gasteiger partial charge in [-0.25, -0.2) is 0 Å². The lowest BCUT2D eigenvalue weighted by Gasteiger charge is -2.32. The van der Waals surface area contributed by atoms with Crippen molar-refractivity contribution in [2.24, 2.45) is 0 Å². The maximum atomic E-state index is 13.2. The highest BCUT2D eigenvalue weighted by molar-refractivity contribution is 6.30. The zero-order chi connectivity index (χ0) is 22.3. The number of ether oxygens (including phenoxy) is 1. The largest absolute Gasteiger partial charge is 0.488 e. The molecular formula is C25H24ClN3O3. The number of carbonyl (C=O) groups excluding carboxylic acids is 2. The average molecular weight is 450 g/mol. The first-order chi connectivity index (χ1) is 15.6. The Morgan fingerprint density at radius 3 is 2.50 bits per heavy atom. The predicted octanol–water partition coefficient (Wildman–Crippen LogP) is 4.35. The van der Waals surface area contributed by atoms with Crippen LogP contribution in [0.2, 0.25) is 5.02 Å². The zero-order valence-electron chi connectivity index (χ0n) is 17.5. The van der Waals surface area contributed by atoms with Gasteiger partial charge < -0.3 is 15.0 Å². The molecule has 2 aromatic carbocycles. The number of nitrogens with one attached hydrogen (secondary N) is 1. The SMILES string of the molecule is O=C(NC1CCN(C(=O)c2ccccc2OCc2ccc(Cl)cc2)CC1)c1cccnc1. The minimum absolute atomic E-state index is 0.0307. The van der Waals surface area contributed by atoms with Crippen molar-refractivity contribution in [2.45, 2.75) is 25.5 Å². The van der Waals surface area contributed by atoms with Crippen LogP contribution >= 0.6 is 11.6 Å². The highest BCUT2D eigenvalue weighted by atomic mass is 35.5. The normalized spacial score (nSPS) is 14.1. The molecular weight excluding hydrogens is 426 g/mol. The standard InChI is InChI=1S/C25H24ClN3O3/c26-20-9-7-18(8-10-20)17-32-23-6-2-1-5-22(23)25(31)29-14-11-21(12-15-29)28-24(30)19-4-3-13-27-16-19/h1-10,13,16,21H,11-12,14-15,17H2,(H,28,30). The van der Waals surface area contributed by atoms with Gasteiger partial charge >= 0.3 is 0 Å². The van der Waals surface area contributed by atoms with Crippen molar-refractivity contribution in [3.63, 3.8) is 0 Å². The smallest absolute Gasteiger partial charge is 0.257 e. The summed E-state index contributed by atoms with van der Waals surface area (Å²) in [4.78, 5) is 31.3. The van der Waals surface area contributed by atoms with Crippen LogP contribution in [0.4, 0.5) is 0 Å². The summed E-state index contributed by atoms with van der Waals surface area (Å²) in [6.45, 7) is 1.49. The lowest BCUT2D eigenvalue weighted by atomic mass is 10.0. The molecule has 0 aliphatic carbocycles. The molecule has 1 fully saturated rings. The van der Waals surface area contributed by atoms with E-state index in [1.165, 1.54) is 0 Å². The van der Waals surface area contributed by atoms with E-state index in [2.05, 4.69) is 10.3 Å². The van der Waals surface area contributed by atoms with Crippen molar-refractivity contribution in [1.82, 2.24) is 15.2 Å². The van der Waals surface area contributed by atoms with E-state index < -0.39 is 0 Å². The molecule has 2 heterocycles. The van der Waals surface area contributed by atoms with Gasteiger partial charge in [-0.05, 0) is 54.8 Å². The number of pyridine rings is 1. The van der Waals surface area contributed by atoms with Crippen LogP contribution in [0.25, 0.3) is 0 Å². The summed E-state index contributed by atoms with van der Waals surface area (Å²) < 4.78 is 5.94. The maximum Gasteiger partial charge on any atom is 0.257 e. The van der Waals surface area contributed by atoms with E-state index in [-0.39, 0.29) is 17.9 Å². The first kappa shape index (κ1) is 21.8. The van der Waals surface area contributed by atoms with Crippen LogP contribution in [0.15, 0.2) is 73.1 Å². The Labute approximate surface area is 192 Å². The van der Waals surface area contributed by atoms with Gasteiger partial charge in [-0.1, -0.05) is 35.9 Å². The molecule has 0 unspecified atom stereocenters. The summed E-state index contributed by atoms with van der Waals surface area (Å²) in [6.07, 6.45) is 4.59. The molecule has 32 heavy (non-hydrogen) atoms. The van der Waals surface area contributed by atoms with Gasteiger partial charge in [-0.3, -0.25) is 14.6 Å². The van der Waals surface area contributed by atoms with Crippen molar-refractivity contribution in [3.05, 3.63) is 94.8 Å². The summed E-state index contributed by atoms with van der Waals surface area (Å²) in [7, 11) is 0. The lowest BCUT2D eigenvalue weighted by molar-refractivity contribution is 0.0693. The second-order valence-electron chi connectivity index (χ2n) is 7.69. The molecule has 1 aromatic heterocycles. The fourth-order valence-electron chi connectivity index (χ4n) is 3.67. The molecule has 0 radical (unpaired) electrons.